The zero-order chi connectivity index (χ0) is 10.8. The molecule has 0 aromatic carbocycles. The van der Waals surface area contributed by atoms with Crippen LogP contribution in [0, 0.1) is 0 Å². The van der Waals surface area contributed by atoms with Crippen LogP contribution in [0.5, 0.6) is 0 Å². The summed E-state index contributed by atoms with van der Waals surface area (Å²) < 4.78 is 4.40. The van der Waals surface area contributed by atoms with Crippen molar-refractivity contribution in [2.24, 2.45) is 0 Å². The maximum atomic E-state index is 10.7. The van der Waals surface area contributed by atoms with E-state index in [1.807, 2.05) is 0 Å². The fourth-order valence-electron chi connectivity index (χ4n) is 1.33. The lowest BCUT2D eigenvalue weighted by Crippen LogP contribution is -1.95. The minimum atomic E-state index is -0.211. The molecular formula is C11H20O3. The van der Waals surface area contributed by atoms with E-state index in [-0.39, 0.29) is 5.97 Å². The molecule has 0 atom stereocenters. The van der Waals surface area contributed by atoms with Crippen molar-refractivity contribution in [1.82, 2.24) is 0 Å². The number of hydrogen-bond acceptors (Lipinski definition) is 3. The summed E-state index contributed by atoms with van der Waals surface area (Å²) in [4.78, 5) is 20.5. The summed E-state index contributed by atoms with van der Waals surface area (Å²) in [7, 11) is 0. The van der Waals surface area contributed by atoms with E-state index in [1.165, 1.54) is 19.8 Å². The Morgan fingerprint density at radius 3 is 2.00 bits per heavy atom. The van der Waals surface area contributed by atoms with Crippen LogP contribution in [0.1, 0.15) is 52.4 Å². The van der Waals surface area contributed by atoms with Gasteiger partial charge in [-0.3, -0.25) is 9.59 Å². The molecule has 0 unspecified atom stereocenters. The van der Waals surface area contributed by atoms with E-state index in [9.17, 15) is 9.59 Å². The van der Waals surface area contributed by atoms with Crippen LogP contribution in [0.15, 0.2) is 0 Å². The zero-order valence-corrected chi connectivity index (χ0v) is 9.17. The van der Waals surface area contributed by atoms with Crippen molar-refractivity contribution in [3.05, 3.63) is 0 Å². The summed E-state index contributed by atoms with van der Waals surface area (Å²) in [6.07, 6.45) is 6.51. The van der Waals surface area contributed by atoms with Gasteiger partial charge in [0.25, 0.3) is 0 Å². The lowest BCUT2D eigenvalue weighted by atomic mass is 10.2. The number of ketones is 1. The van der Waals surface area contributed by atoms with E-state index < -0.39 is 0 Å². The molecule has 0 aromatic rings. The van der Waals surface area contributed by atoms with Crippen molar-refractivity contribution in [2.75, 3.05) is 6.61 Å². The van der Waals surface area contributed by atoms with E-state index in [0.717, 1.165) is 25.7 Å². The number of Topliss-reactive ketones (excluding diaryl/α,β-unsaturated/α-hetero) is 1. The molecule has 0 aliphatic heterocycles. The normalized spacial score (nSPS) is 16.3. The van der Waals surface area contributed by atoms with E-state index in [0.29, 0.717) is 12.4 Å². The van der Waals surface area contributed by atoms with E-state index in [2.05, 4.69) is 4.74 Å². The highest BCUT2D eigenvalue weighted by atomic mass is 16.5. The lowest BCUT2D eigenvalue weighted by Gasteiger charge is -1.89. The molecule has 0 radical (unpaired) electrons. The van der Waals surface area contributed by atoms with Crippen LogP contribution in [0.3, 0.4) is 0 Å². The number of rotatable bonds is 1. The zero-order valence-electron chi connectivity index (χ0n) is 9.17. The second kappa shape index (κ2) is 8.73. The largest absolute Gasteiger partial charge is 0.466 e. The molecule has 0 amide bonds. The Hall–Kier alpha value is -0.860. The first-order valence-electron chi connectivity index (χ1n) is 5.32. The Morgan fingerprint density at radius 2 is 1.71 bits per heavy atom. The molecule has 1 aliphatic rings. The van der Waals surface area contributed by atoms with Crippen LogP contribution >= 0.6 is 0 Å². The molecule has 3 nitrogen and oxygen atoms in total. The van der Waals surface area contributed by atoms with Gasteiger partial charge in [-0.05, 0) is 19.8 Å². The quantitative estimate of drug-likeness (QED) is 0.482. The summed E-state index contributed by atoms with van der Waals surface area (Å²) in [5.74, 6) is 0.264. The van der Waals surface area contributed by atoms with Gasteiger partial charge in [-0.25, -0.2) is 0 Å². The average molecular weight is 200 g/mol. The Kier molecular flexibility index (Phi) is 8.19. The molecule has 0 saturated heterocycles. The van der Waals surface area contributed by atoms with Gasteiger partial charge in [0.15, 0.2) is 0 Å². The molecule has 82 valence electrons. The molecule has 0 N–H and O–H groups in total. The smallest absolute Gasteiger partial charge is 0.302 e. The molecule has 3 heteroatoms. The predicted molar refractivity (Wildman–Crippen MR) is 55.0 cm³/mol. The molecule has 1 saturated carbocycles. The maximum absolute atomic E-state index is 10.7. The fourth-order valence-corrected chi connectivity index (χ4v) is 1.33. The molecule has 0 heterocycles. The monoisotopic (exact) mass is 200 g/mol. The number of esters is 1. The molecule has 1 aliphatic carbocycles. The van der Waals surface area contributed by atoms with Crippen LogP contribution in [0.4, 0.5) is 0 Å². The Bertz CT molecular complexity index is 165. The first-order chi connectivity index (χ1) is 6.66. The number of ether oxygens (including phenoxy) is 1. The fraction of sp³-hybridized carbons (Fsp3) is 0.818. The van der Waals surface area contributed by atoms with E-state index in [1.54, 1.807) is 6.92 Å². The highest BCUT2D eigenvalue weighted by Crippen LogP contribution is 2.12. The lowest BCUT2D eigenvalue weighted by molar-refractivity contribution is -0.140. The third-order valence-electron chi connectivity index (χ3n) is 2.01. The second-order valence-electron chi connectivity index (χ2n) is 3.38. The third kappa shape index (κ3) is 9.23. The summed E-state index contributed by atoms with van der Waals surface area (Å²) in [5, 5.41) is 0. The van der Waals surface area contributed by atoms with Gasteiger partial charge < -0.3 is 4.74 Å². The molecule has 1 rings (SSSR count). The van der Waals surface area contributed by atoms with Gasteiger partial charge in [0.05, 0.1) is 6.61 Å². The van der Waals surface area contributed by atoms with Crippen LogP contribution in [-0.2, 0) is 14.3 Å². The second-order valence-corrected chi connectivity index (χ2v) is 3.38. The van der Waals surface area contributed by atoms with Crippen LogP contribution in [0.25, 0.3) is 0 Å². The van der Waals surface area contributed by atoms with Crippen molar-refractivity contribution in [3.8, 4) is 0 Å². The van der Waals surface area contributed by atoms with Gasteiger partial charge in [-0.2, -0.15) is 0 Å². The standard InChI is InChI=1S/C7H12O.C4H8O2/c8-7-5-3-1-2-4-6-7;1-3-6-4(2)5/h1-6H2;3H2,1-2H3. The summed E-state index contributed by atoms with van der Waals surface area (Å²) in [6.45, 7) is 3.65. The first-order valence-corrected chi connectivity index (χ1v) is 5.32. The van der Waals surface area contributed by atoms with Gasteiger partial charge in [-0.1, -0.05) is 12.8 Å². The van der Waals surface area contributed by atoms with E-state index in [4.69, 9.17) is 0 Å². The third-order valence-corrected chi connectivity index (χ3v) is 2.01. The summed E-state index contributed by atoms with van der Waals surface area (Å²) in [6, 6.07) is 0. The van der Waals surface area contributed by atoms with Crippen LogP contribution < -0.4 is 0 Å². The Morgan fingerprint density at radius 1 is 1.21 bits per heavy atom. The maximum Gasteiger partial charge on any atom is 0.302 e. The molecule has 0 bridgehead atoms. The van der Waals surface area contributed by atoms with Crippen molar-refractivity contribution >= 4 is 11.8 Å². The van der Waals surface area contributed by atoms with Gasteiger partial charge in [0, 0.05) is 19.8 Å². The molecule has 14 heavy (non-hydrogen) atoms. The summed E-state index contributed by atoms with van der Waals surface area (Å²) in [5.41, 5.74) is 0. The number of hydrogen-bond donors (Lipinski definition) is 0. The van der Waals surface area contributed by atoms with Crippen LogP contribution in [-0.4, -0.2) is 18.4 Å². The topological polar surface area (TPSA) is 43.4 Å². The number of carbonyl (C=O) groups excluding carboxylic acids is 2. The SMILES string of the molecule is CCOC(C)=O.O=C1CCCCCC1. The van der Waals surface area contributed by atoms with Crippen molar-refractivity contribution in [2.45, 2.75) is 52.4 Å². The van der Waals surface area contributed by atoms with Crippen molar-refractivity contribution < 1.29 is 14.3 Å². The highest BCUT2D eigenvalue weighted by molar-refractivity contribution is 5.78. The predicted octanol–water partition coefficient (Wildman–Crippen LogP) is 2.48. The number of carbonyl (C=O) groups is 2. The van der Waals surface area contributed by atoms with Crippen LogP contribution in [0.2, 0.25) is 0 Å². The molecular weight excluding hydrogens is 180 g/mol. The highest BCUT2D eigenvalue weighted by Gasteiger charge is 2.04. The van der Waals surface area contributed by atoms with E-state index >= 15 is 0 Å². The van der Waals surface area contributed by atoms with Crippen molar-refractivity contribution in [3.63, 3.8) is 0 Å². The minimum absolute atomic E-state index is 0.211. The molecule has 0 spiro atoms. The van der Waals surface area contributed by atoms with Gasteiger partial charge >= 0.3 is 5.97 Å². The molecule has 1 fully saturated rings. The Labute approximate surface area is 85.8 Å². The Balaban J connectivity index is 0.000000255. The van der Waals surface area contributed by atoms with Crippen molar-refractivity contribution in [1.29, 1.82) is 0 Å². The molecule has 0 aromatic heterocycles. The van der Waals surface area contributed by atoms with Gasteiger partial charge in [0.1, 0.15) is 5.78 Å². The van der Waals surface area contributed by atoms with Gasteiger partial charge in [-0.15, -0.1) is 0 Å². The van der Waals surface area contributed by atoms with Gasteiger partial charge in [0.2, 0.25) is 0 Å². The first kappa shape index (κ1) is 13.1. The minimum Gasteiger partial charge on any atom is -0.466 e. The average Bonchev–Trinajstić information content (AvgIpc) is 2.33. The summed E-state index contributed by atoms with van der Waals surface area (Å²) >= 11 is 0.